The number of anilines is 1. The van der Waals surface area contributed by atoms with Gasteiger partial charge in [0.15, 0.2) is 0 Å². The minimum absolute atomic E-state index is 0.0907. The van der Waals surface area contributed by atoms with Crippen molar-refractivity contribution in [1.29, 1.82) is 0 Å². The molecule has 1 aromatic heterocycles. The maximum absolute atomic E-state index is 7.61. The van der Waals surface area contributed by atoms with Crippen molar-refractivity contribution in [2.45, 2.75) is 6.85 Å². The van der Waals surface area contributed by atoms with Gasteiger partial charge in [0.1, 0.15) is 10.4 Å². The van der Waals surface area contributed by atoms with Crippen LogP contribution >= 0.6 is 15.9 Å². The summed E-state index contributed by atoms with van der Waals surface area (Å²) in [5.41, 5.74) is 0. The summed E-state index contributed by atoms with van der Waals surface area (Å²) in [5.74, 6) is -0.793. The molecule has 0 atom stereocenters. The Hall–Kier alpha value is -0.640. The minimum Gasteiger partial charge on any atom is -0.359 e. The van der Waals surface area contributed by atoms with Crippen molar-refractivity contribution in [3.8, 4) is 0 Å². The first-order chi connectivity index (χ1) is 9.19. The second kappa shape index (κ2) is 3.67. The Bertz CT molecular complexity index is 539. The largest absolute Gasteiger partial charge is 0.359 e. The molecule has 0 radical (unpaired) electrons. The van der Waals surface area contributed by atoms with Gasteiger partial charge in [-0.1, -0.05) is 0 Å². The molecule has 0 aliphatic carbocycles. The lowest BCUT2D eigenvalue weighted by molar-refractivity contribution is 0.923. The number of halogens is 1. The Morgan fingerprint density at radius 2 is 2.82 bits per heavy atom. The van der Waals surface area contributed by atoms with Crippen molar-refractivity contribution < 1.29 is 13.7 Å². The standard InChI is InChI=1S/C7H10BrN3/c1-3-11(2)7-5-9-4-6(8)10-7/h4-5H,3H2,1-2H3/i1D3,2D3,3D2,4D,5D. The molecule has 0 fully saturated rings. The Labute approximate surface area is 88.6 Å². The molecule has 0 N–H and O–H groups in total. The van der Waals surface area contributed by atoms with Crippen LogP contribution in [0.25, 0.3) is 0 Å². The predicted molar refractivity (Wildman–Crippen MR) is 48.7 cm³/mol. The highest BCUT2D eigenvalue weighted by atomic mass is 79.9. The van der Waals surface area contributed by atoms with E-state index in [-0.39, 0.29) is 9.50 Å². The number of hydrogen-bond acceptors (Lipinski definition) is 3. The first-order valence-corrected chi connectivity index (χ1v) is 3.30. The van der Waals surface area contributed by atoms with Gasteiger partial charge in [0.2, 0.25) is 0 Å². The van der Waals surface area contributed by atoms with Crippen LogP contribution in [0.2, 0.25) is 0 Å². The van der Waals surface area contributed by atoms with Crippen LogP contribution in [0.1, 0.15) is 20.6 Å². The van der Waals surface area contributed by atoms with Gasteiger partial charge < -0.3 is 4.90 Å². The fourth-order valence-corrected chi connectivity index (χ4v) is 0.677. The SMILES string of the molecule is [2H]c1nc([2H])c(N(C([2H])([2H])[2H])C([2H])([2H])C([2H])([2H])[2H])nc1Br. The topological polar surface area (TPSA) is 29.0 Å². The third-order valence-electron chi connectivity index (χ3n) is 0.832. The van der Waals surface area contributed by atoms with Gasteiger partial charge in [0, 0.05) is 24.4 Å². The van der Waals surface area contributed by atoms with E-state index in [1.54, 1.807) is 0 Å². The first kappa shape index (κ1) is 2.19. The van der Waals surface area contributed by atoms with E-state index in [2.05, 4.69) is 25.9 Å². The summed E-state index contributed by atoms with van der Waals surface area (Å²) >= 11 is 2.81. The summed E-state index contributed by atoms with van der Waals surface area (Å²) < 4.78 is 73.4. The van der Waals surface area contributed by atoms with E-state index in [9.17, 15) is 0 Å². The normalized spacial score (nSPS) is 26.6. The van der Waals surface area contributed by atoms with E-state index < -0.39 is 38.5 Å². The van der Waals surface area contributed by atoms with Crippen LogP contribution in [0.5, 0.6) is 0 Å². The van der Waals surface area contributed by atoms with E-state index in [1.807, 2.05) is 0 Å². The minimum atomic E-state index is -3.31. The summed E-state index contributed by atoms with van der Waals surface area (Å²) in [6, 6.07) is 0. The Kier molecular flexibility index (Phi) is 0.730. The van der Waals surface area contributed by atoms with Crippen molar-refractivity contribution in [3.63, 3.8) is 0 Å². The molecule has 0 amide bonds. The van der Waals surface area contributed by atoms with Gasteiger partial charge in [0.25, 0.3) is 0 Å². The first-order valence-electron chi connectivity index (χ1n) is 7.50. The van der Waals surface area contributed by atoms with Crippen LogP contribution < -0.4 is 4.90 Å². The smallest absolute Gasteiger partial charge is 0.148 e. The molecule has 0 aromatic carbocycles. The molecule has 3 nitrogen and oxygen atoms in total. The molecular formula is C7H10BrN3. The van der Waals surface area contributed by atoms with E-state index >= 15 is 0 Å². The molecule has 1 rings (SSSR count). The molecule has 0 aliphatic heterocycles. The third-order valence-corrected chi connectivity index (χ3v) is 1.19. The Balaban J connectivity index is 3.60. The van der Waals surface area contributed by atoms with Crippen LogP contribution in [-0.2, 0) is 0 Å². The molecular weight excluding hydrogens is 206 g/mol. The van der Waals surface area contributed by atoms with E-state index in [1.165, 1.54) is 0 Å². The molecule has 11 heavy (non-hydrogen) atoms. The van der Waals surface area contributed by atoms with Gasteiger partial charge >= 0.3 is 0 Å². The summed E-state index contributed by atoms with van der Waals surface area (Å²) in [5, 5.41) is 0. The summed E-state index contributed by atoms with van der Waals surface area (Å²) in [6.45, 7) is -9.83. The van der Waals surface area contributed by atoms with Gasteiger partial charge in [-0.25, -0.2) is 4.98 Å². The highest BCUT2D eigenvalue weighted by Crippen LogP contribution is 2.10. The molecule has 0 unspecified atom stereocenters. The number of nitrogens with zero attached hydrogens (tertiary/aromatic N) is 3. The molecule has 0 saturated carbocycles. The third kappa shape index (κ3) is 2.15. The zero-order valence-corrected chi connectivity index (χ0v) is 6.81. The van der Waals surface area contributed by atoms with Crippen LogP contribution in [0.15, 0.2) is 16.9 Å². The lowest BCUT2D eigenvalue weighted by Crippen LogP contribution is -2.17. The fraction of sp³-hybridized carbons (Fsp3) is 0.429. The maximum Gasteiger partial charge on any atom is 0.148 e. The highest BCUT2D eigenvalue weighted by molar-refractivity contribution is 9.10. The average molecular weight is 226 g/mol. The lowest BCUT2D eigenvalue weighted by atomic mass is 10.5. The molecule has 1 aromatic rings. The number of rotatable bonds is 2. The molecule has 0 aliphatic rings. The predicted octanol–water partition coefficient (Wildman–Crippen LogP) is 1.70. The van der Waals surface area contributed by atoms with Crippen molar-refractivity contribution in [3.05, 3.63) is 16.9 Å². The van der Waals surface area contributed by atoms with E-state index in [0.717, 1.165) is 0 Å². The molecule has 0 bridgehead atoms. The van der Waals surface area contributed by atoms with Crippen LogP contribution in [-0.4, -0.2) is 23.4 Å². The highest BCUT2D eigenvalue weighted by Gasteiger charge is 1.99. The monoisotopic (exact) mass is 225 g/mol. The Morgan fingerprint density at radius 1 is 1.91 bits per heavy atom. The average Bonchev–Trinajstić information content (AvgIpc) is 2.21. The molecule has 60 valence electrons. The van der Waals surface area contributed by atoms with Crippen LogP contribution in [0, 0.1) is 0 Å². The zero-order chi connectivity index (χ0) is 16.8. The summed E-state index contributed by atoms with van der Waals surface area (Å²) in [6.07, 6.45) is -1.27. The van der Waals surface area contributed by atoms with Crippen LogP contribution in [0.3, 0.4) is 0 Å². The summed E-state index contributed by atoms with van der Waals surface area (Å²) in [4.78, 5) is 6.87. The quantitative estimate of drug-likeness (QED) is 0.768. The lowest BCUT2D eigenvalue weighted by Gasteiger charge is -2.14. The number of aromatic nitrogens is 2. The van der Waals surface area contributed by atoms with Crippen LogP contribution in [0.4, 0.5) is 5.82 Å². The summed E-state index contributed by atoms with van der Waals surface area (Å²) in [7, 11) is 0. The molecule has 1 heterocycles. The Morgan fingerprint density at radius 3 is 3.55 bits per heavy atom. The van der Waals surface area contributed by atoms with Crippen molar-refractivity contribution in [2.75, 3.05) is 18.4 Å². The zero-order valence-electron chi connectivity index (χ0n) is 15.2. The van der Waals surface area contributed by atoms with Crippen molar-refractivity contribution in [2.24, 2.45) is 0 Å². The van der Waals surface area contributed by atoms with Crippen molar-refractivity contribution >= 4 is 21.7 Å². The molecule has 0 spiro atoms. The second-order valence-electron chi connectivity index (χ2n) is 1.51. The fourth-order valence-electron chi connectivity index (χ4n) is 0.420. The molecule has 4 heteroatoms. The molecule has 0 saturated heterocycles. The number of hydrogen-bond donors (Lipinski definition) is 0. The van der Waals surface area contributed by atoms with E-state index in [4.69, 9.17) is 13.7 Å². The van der Waals surface area contributed by atoms with Crippen molar-refractivity contribution in [1.82, 2.24) is 9.97 Å². The van der Waals surface area contributed by atoms with Gasteiger partial charge in [0.05, 0.1) is 15.1 Å². The maximum atomic E-state index is 7.61. The van der Waals surface area contributed by atoms with Gasteiger partial charge in [-0.3, -0.25) is 4.98 Å². The van der Waals surface area contributed by atoms with Gasteiger partial charge in [-0.2, -0.15) is 0 Å². The second-order valence-corrected chi connectivity index (χ2v) is 2.26. The van der Waals surface area contributed by atoms with Gasteiger partial charge in [-0.15, -0.1) is 0 Å². The van der Waals surface area contributed by atoms with Gasteiger partial charge in [-0.05, 0) is 22.8 Å². The van der Waals surface area contributed by atoms with E-state index in [0.29, 0.717) is 0 Å².